The molecule has 88 valence electrons. The first-order valence-corrected chi connectivity index (χ1v) is 5.07. The topological polar surface area (TPSA) is 55.8 Å². The zero-order valence-electron chi connectivity index (χ0n) is 9.53. The van der Waals surface area contributed by atoms with E-state index in [2.05, 4.69) is 0 Å². The second-order valence-electron chi connectivity index (χ2n) is 3.44. The number of hydrogen-bond donors (Lipinski definition) is 1. The van der Waals surface area contributed by atoms with Crippen LogP contribution in [0.4, 0.5) is 0 Å². The number of ketones is 1. The van der Waals surface area contributed by atoms with Crippen molar-refractivity contribution < 1.29 is 19.4 Å². The Hall–Kier alpha value is -1.55. The molecule has 1 rings (SSSR count). The van der Waals surface area contributed by atoms with Gasteiger partial charge in [-0.25, -0.2) is 0 Å². The van der Waals surface area contributed by atoms with E-state index >= 15 is 0 Å². The summed E-state index contributed by atoms with van der Waals surface area (Å²) >= 11 is 0. The van der Waals surface area contributed by atoms with E-state index in [-0.39, 0.29) is 12.4 Å². The molecule has 0 saturated carbocycles. The highest BCUT2D eigenvalue weighted by Crippen LogP contribution is 2.28. The normalized spacial score (nSPS) is 9.94. The van der Waals surface area contributed by atoms with E-state index in [4.69, 9.17) is 14.6 Å². The van der Waals surface area contributed by atoms with Gasteiger partial charge in [0.15, 0.2) is 11.5 Å². The summed E-state index contributed by atoms with van der Waals surface area (Å²) in [6.45, 7) is 1.82. The number of aliphatic hydroxyl groups excluding tert-OH is 1. The molecule has 1 aromatic carbocycles. The fourth-order valence-corrected chi connectivity index (χ4v) is 1.23. The van der Waals surface area contributed by atoms with Crippen LogP contribution in [0, 0.1) is 0 Å². The maximum Gasteiger partial charge on any atom is 0.161 e. The molecule has 0 bridgehead atoms. The highest BCUT2D eigenvalue weighted by molar-refractivity contribution is 5.75. The SMILES string of the molecule is COc1cc(CO)ccc1OCCC(C)=O. The number of methoxy groups -OCH3 is 1. The van der Waals surface area contributed by atoms with Gasteiger partial charge < -0.3 is 14.6 Å². The Kier molecular flexibility index (Phi) is 4.79. The van der Waals surface area contributed by atoms with Gasteiger partial charge in [0.2, 0.25) is 0 Å². The van der Waals surface area contributed by atoms with E-state index in [9.17, 15) is 4.79 Å². The molecule has 0 aliphatic carbocycles. The molecule has 0 spiro atoms. The third-order valence-electron chi connectivity index (χ3n) is 2.12. The predicted octanol–water partition coefficient (Wildman–Crippen LogP) is 1.55. The number of Topliss-reactive ketones (excluding diaryl/α,β-unsaturated/α-hetero) is 1. The summed E-state index contributed by atoms with van der Waals surface area (Å²) in [7, 11) is 1.54. The van der Waals surface area contributed by atoms with Crippen LogP contribution in [0.5, 0.6) is 11.5 Å². The average Bonchev–Trinajstić information content (AvgIpc) is 2.29. The van der Waals surface area contributed by atoms with Crippen LogP contribution in [-0.4, -0.2) is 24.6 Å². The summed E-state index contributed by atoms with van der Waals surface area (Å²) < 4.78 is 10.5. The van der Waals surface area contributed by atoms with Crippen LogP contribution in [0.1, 0.15) is 18.9 Å². The molecule has 0 unspecified atom stereocenters. The lowest BCUT2D eigenvalue weighted by Gasteiger charge is -2.10. The van der Waals surface area contributed by atoms with Crippen molar-refractivity contribution in [1.29, 1.82) is 0 Å². The third kappa shape index (κ3) is 3.55. The van der Waals surface area contributed by atoms with Crippen molar-refractivity contribution in [3.8, 4) is 11.5 Å². The van der Waals surface area contributed by atoms with Gasteiger partial charge in [0, 0.05) is 6.42 Å². The van der Waals surface area contributed by atoms with Crippen molar-refractivity contribution in [3.63, 3.8) is 0 Å². The van der Waals surface area contributed by atoms with E-state index in [1.807, 2.05) is 0 Å². The van der Waals surface area contributed by atoms with Gasteiger partial charge in [-0.1, -0.05) is 6.07 Å². The summed E-state index contributed by atoms with van der Waals surface area (Å²) in [5.74, 6) is 1.24. The minimum Gasteiger partial charge on any atom is -0.493 e. The Morgan fingerprint density at radius 2 is 2.12 bits per heavy atom. The zero-order chi connectivity index (χ0) is 12.0. The number of benzene rings is 1. The largest absolute Gasteiger partial charge is 0.493 e. The Balaban J connectivity index is 2.68. The lowest BCUT2D eigenvalue weighted by molar-refractivity contribution is -0.117. The third-order valence-corrected chi connectivity index (χ3v) is 2.12. The van der Waals surface area contributed by atoms with Gasteiger partial charge in [-0.3, -0.25) is 4.79 Å². The molecule has 16 heavy (non-hydrogen) atoms. The molecule has 1 aromatic rings. The Bertz CT molecular complexity index is 360. The molecule has 0 aliphatic rings. The van der Waals surface area contributed by atoms with Gasteiger partial charge >= 0.3 is 0 Å². The molecule has 0 amide bonds. The molecule has 0 aliphatic heterocycles. The van der Waals surface area contributed by atoms with E-state index < -0.39 is 0 Å². The first-order valence-electron chi connectivity index (χ1n) is 5.07. The lowest BCUT2D eigenvalue weighted by atomic mass is 10.2. The Morgan fingerprint density at radius 1 is 1.38 bits per heavy atom. The number of carbonyl (C=O) groups excluding carboxylic acids is 1. The predicted molar refractivity (Wildman–Crippen MR) is 59.7 cm³/mol. The molecule has 4 heteroatoms. The van der Waals surface area contributed by atoms with Gasteiger partial charge in [-0.15, -0.1) is 0 Å². The quantitative estimate of drug-likeness (QED) is 0.796. The second kappa shape index (κ2) is 6.12. The van der Waals surface area contributed by atoms with Crippen molar-refractivity contribution in [3.05, 3.63) is 23.8 Å². The molecular formula is C12H16O4. The van der Waals surface area contributed by atoms with Gasteiger partial charge in [0.05, 0.1) is 20.3 Å². The van der Waals surface area contributed by atoms with Crippen LogP contribution >= 0.6 is 0 Å². The van der Waals surface area contributed by atoms with Crippen LogP contribution in [0.15, 0.2) is 18.2 Å². The zero-order valence-corrected chi connectivity index (χ0v) is 9.53. The van der Waals surface area contributed by atoms with E-state index in [0.29, 0.717) is 24.5 Å². The van der Waals surface area contributed by atoms with Crippen LogP contribution in [0.2, 0.25) is 0 Å². The molecule has 0 saturated heterocycles. The van der Waals surface area contributed by atoms with Crippen LogP contribution in [-0.2, 0) is 11.4 Å². The molecule has 0 aromatic heterocycles. The van der Waals surface area contributed by atoms with Crippen molar-refractivity contribution in [2.75, 3.05) is 13.7 Å². The molecule has 0 radical (unpaired) electrons. The second-order valence-corrected chi connectivity index (χ2v) is 3.44. The van der Waals surface area contributed by atoms with Gasteiger partial charge in [0.25, 0.3) is 0 Å². The van der Waals surface area contributed by atoms with Crippen molar-refractivity contribution in [1.82, 2.24) is 0 Å². The Morgan fingerprint density at radius 3 is 2.69 bits per heavy atom. The number of rotatable bonds is 6. The molecular weight excluding hydrogens is 208 g/mol. The summed E-state index contributed by atoms with van der Waals surface area (Å²) in [6.07, 6.45) is 0.380. The maximum atomic E-state index is 10.7. The van der Waals surface area contributed by atoms with E-state index in [0.717, 1.165) is 5.56 Å². The summed E-state index contributed by atoms with van der Waals surface area (Å²) in [4.78, 5) is 10.7. The summed E-state index contributed by atoms with van der Waals surface area (Å²) in [6, 6.07) is 5.19. The van der Waals surface area contributed by atoms with Gasteiger partial charge in [-0.05, 0) is 24.6 Å². The summed E-state index contributed by atoms with van der Waals surface area (Å²) in [5, 5.41) is 8.96. The van der Waals surface area contributed by atoms with E-state index in [1.165, 1.54) is 14.0 Å². The molecule has 0 atom stereocenters. The molecule has 4 nitrogen and oxygen atoms in total. The molecule has 0 heterocycles. The van der Waals surface area contributed by atoms with Gasteiger partial charge in [0.1, 0.15) is 5.78 Å². The minimum absolute atomic E-state index is 0.0376. The molecule has 0 fully saturated rings. The highest BCUT2D eigenvalue weighted by atomic mass is 16.5. The fraction of sp³-hybridized carbons (Fsp3) is 0.417. The number of ether oxygens (including phenoxy) is 2. The number of hydrogen-bond acceptors (Lipinski definition) is 4. The minimum atomic E-state index is -0.0376. The first kappa shape index (κ1) is 12.5. The van der Waals surface area contributed by atoms with Crippen molar-refractivity contribution in [2.24, 2.45) is 0 Å². The van der Waals surface area contributed by atoms with Gasteiger partial charge in [-0.2, -0.15) is 0 Å². The fourth-order valence-electron chi connectivity index (χ4n) is 1.23. The lowest BCUT2D eigenvalue weighted by Crippen LogP contribution is -2.04. The highest BCUT2D eigenvalue weighted by Gasteiger charge is 2.05. The maximum absolute atomic E-state index is 10.7. The Labute approximate surface area is 94.8 Å². The number of aliphatic hydroxyl groups is 1. The smallest absolute Gasteiger partial charge is 0.161 e. The van der Waals surface area contributed by atoms with Crippen molar-refractivity contribution >= 4 is 5.78 Å². The summed E-state index contributed by atoms with van der Waals surface area (Å²) in [5.41, 5.74) is 0.760. The number of carbonyl (C=O) groups is 1. The monoisotopic (exact) mass is 224 g/mol. The van der Waals surface area contributed by atoms with Crippen LogP contribution < -0.4 is 9.47 Å². The first-order chi connectivity index (χ1) is 7.67. The van der Waals surface area contributed by atoms with Crippen LogP contribution in [0.3, 0.4) is 0 Å². The standard InChI is InChI=1S/C12H16O4/c1-9(14)5-6-16-11-4-3-10(8-13)7-12(11)15-2/h3-4,7,13H,5-6,8H2,1-2H3. The molecule has 1 N–H and O–H groups in total. The average molecular weight is 224 g/mol. The van der Waals surface area contributed by atoms with Crippen LogP contribution in [0.25, 0.3) is 0 Å². The van der Waals surface area contributed by atoms with E-state index in [1.54, 1.807) is 18.2 Å². The van der Waals surface area contributed by atoms with Crippen molar-refractivity contribution in [2.45, 2.75) is 20.0 Å².